The third-order valence-corrected chi connectivity index (χ3v) is 6.77. The first-order valence-corrected chi connectivity index (χ1v) is 9.60. The van der Waals surface area contributed by atoms with E-state index in [1.807, 2.05) is 6.07 Å². The Balaban J connectivity index is 1.23. The molecule has 4 fully saturated rings. The van der Waals surface area contributed by atoms with Gasteiger partial charge in [0.25, 0.3) is 5.91 Å². The molecular weight excluding hydrogens is 316 g/mol. The average molecular weight is 342 g/mol. The van der Waals surface area contributed by atoms with E-state index in [9.17, 15) is 4.79 Å². The number of carbonyl (C=O) groups is 1. The molecule has 2 unspecified atom stereocenters. The molecule has 2 saturated carbocycles. The van der Waals surface area contributed by atoms with Gasteiger partial charge >= 0.3 is 0 Å². The summed E-state index contributed by atoms with van der Waals surface area (Å²) in [5, 5.41) is 8.82. The van der Waals surface area contributed by atoms with Crippen molar-refractivity contribution in [2.45, 2.75) is 38.3 Å². The number of hydrogen-bond donors (Lipinski definition) is 2. The van der Waals surface area contributed by atoms with Gasteiger partial charge in [-0.25, -0.2) is 5.48 Å². The molecule has 0 radical (unpaired) electrons. The van der Waals surface area contributed by atoms with Crippen molar-refractivity contribution in [1.82, 2.24) is 20.3 Å². The van der Waals surface area contributed by atoms with Gasteiger partial charge in [0, 0.05) is 57.1 Å². The van der Waals surface area contributed by atoms with Gasteiger partial charge in [0.1, 0.15) is 0 Å². The summed E-state index contributed by atoms with van der Waals surface area (Å²) in [5.41, 5.74) is 4.36. The first-order chi connectivity index (χ1) is 12.2. The predicted octanol–water partition coefficient (Wildman–Crippen LogP) is 1.29. The summed E-state index contributed by atoms with van der Waals surface area (Å²) in [6, 6.07) is 2.80. The number of carbonyl (C=O) groups excluding carboxylic acids is 1. The number of pyridine rings is 1. The Hall–Kier alpha value is -1.50. The van der Waals surface area contributed by atoms with Crippen LogP contribution in [0.1, 0.15) is 40.9 Å². The van der Waals surface area contributed by atoms with E-state index < -0.39 is 5.91 Å². The minimum Gasteiger partial charge on any atom is -0.300 e. The van der Waals surface area contributed by atoms with Crippen LogP contribution in [0.3, 0.4) is 0 Å². The second-order valence-corrected chi connectivity index (χ2v) is 8.36. The monoisotopic (exact) mass is 342 g/mol. The molecule has 2 aliphatic carbocycles. The molecular formula is C19H26N4O2. The zero-order valence-corrected chi connectivity index (χ0v) is 14.5. The minimum atomic E-state index is -0.485. The van der Waals surface area contributed by atoms with Crippen molar-refractivity contribution in [3.05, 3.63) is 29.1 Å². The molecule has 134 valence electrons. The summed E-state index contributed by atoms with van der Waals surface area (Å²) in [6.07, 6.45) is 6.78. The molecule has 6 rings (SSSR count). The van der Waals surface area contributed by atoms with Crippen molar-refractivity contribution in [2.75, 3.05) is 26.2 Å². The highest BCUT2D eigenvalue weighted by Crippen LogP contribution is 2.48. The largest absolute Gasteiger partial charge is 0.300 e. The third kappa shape index (κ3) is 2.86. The summed E-state index contributed by atoms with van der Waals surface area (Å²) < 4.78 is 0. The van der Waals surface area contributed by atoms with Crippen LogP contribution in [0.4, 0.5) is 0 Å². The van der Waals surface area contributed by atoms with Crippen LogP contribution in [-0.2, 0) is 13.0 Å². The molecule has 0 spiro atoms. The summed E-state index contributed by atoms with van der Waals surface area (Å²) in [5.74, 6) is 2.16. The highest BCUT2D eigenvalue weighted by atomic mass is 16.5. The van der Waals surface area contributed by atoms with E-state index in [1.54, 1.807) is 11.7 Å². The zero-order chi connectivity index (χ0) is 17.0. The maximum absolute atomic E-state index is 11.6. The molecule has 1 amide bonds. The molecule has 2 N–H and O–H groups in total. The number of piperidine rings is 2. The maximum Gasteiger partial charge on any atom is 0.276 e. The van der Waals surface area contributed by atoms with Gasteiger partial charge in [-0.15, -0.1) is 0 Å². The summed E-state index contributed by atoms with van der Waals surface area (Å²) >= 11 is 0. The van der Waals surface area contributed by atoms with E-state index in [0.717, 1.165) is 54.6 Å². The Morgan fingerprint density at radius 1 is 1.32 bits per heavy atom. The van der Waals surface area contributed by atoms with E-state index in [0.29, 0.717) is 5.56 Å². The normalized spacial score (nSPS) is 32.0. The van der Waals surface area contributed by atoms with E-state index in [-0.39, 0.29) is 0 Å². The van der Waals surface area contributed by atoms with Crippen LogP contribution in [0.5, 0.6) is 0 Å². The van der Waals surface area contributed by atoms with Crippen molar-refractivity contribution in [3.8, 4) is 0 Å². The number of rotatable bonds is 4. The average Bonchev–Trinajstić information content (AvgIpc) is 3.50. The number of nitrogens with one attached hydrogen (secondary N) is 1. The van der Waals surface area contributed by atoms with Crippen molar-refractivity contribution in [1.29, 1.82) is 0 Å². The lowest BCUT2D eigenvalue weighted by Crippen LogP contribution is -2.58. The molecule has 4 heterocycles. The van der Waals surface area contributed by atoms with Crippen LogP contribution >= 0.6 is 0 Å². The Morgan fingerprint density at radius 3 is 2.84 bits per heavy atom. The van der Waals surface area contributed by atoms with Gasteiger partial charge in [-0.3, -0.25) is 24.8 Å². The number of hydrogen-bond acceptors (Lipinski definition) is 5. The fraction of sp³-hybridized carbons (Fsp3) is 0.684. The van der Waals surface area contributed by atoms with Crippen LogP contribution in [-0.4, -0.2) is 58.1 Å². The van der Waals surface area contributed by atoms with E-state index in [4.69, 9.17) is 5.21 Å². The number of amides is 1. The number of nitrogens with zero attached hydrogens (tertiary/aromatic N) is 3. The molecule has 25 heavy (non-hydrogen) atoms. The Morgan fingerprint density at radius 2 is 2.12 bits per heavy atom. The van der Waals surface area contributed by atoms with Crippen molar-refractivity contribution < 1.29 is 10.0 Å². The molecule has 1 aromatic rings. The smallest absolute Gasteiger partial charge is 0.276 e. The quantitative estimate of drug-likeness (QED) is 0.637. The van der Waals surface area contributed by atoms with Crippen molar-refractivity contribution >= 4 is 5.91 Å². The molecule has 6 nitrogen and oxygen atoms in total. The van der Waals surface area contributed by atoms with E-state index >= 15 is 0 Å². The van der Waals surface area contributed by atoms with Gasteiger partial charge in [0.05, 0.1) is 5.56 Å². The lowest BCUT2D eigenvalue weighted by Gasteiger charge is -2.55. The van der Waals surface area contributed by atoms with Crippen molar-refractivity contribution in [2.24, 2.45) is 17.8 Å². The topological polar surface area (TPSA) is 68.7 Å². The Kier molecular flexibility index (Phi) is 3.80. The SMILES string of the molecule is O=C(NO)c1cnc2c(c1)CN(CC1C3CC1CN(C1CC1)C3)CC2. The molecule has 6 heteroatoms. The second-order valence-electron chi connectivity index (χ2n) is 8.36. The highest BCUT2D eigenvalue weighted by molar-refractivity contribution is 5.93. The summed E-state index contributed by atoms with van der Waals surface area (Å²) in [4.78, 5) is 21.3. The molecule has 5 aliphatic rings. The molecule has 2 atom stereocenters. The minimum absolute atomic E-state index is 0.434. The van der Waals surface area contributed by atoms with Gasteiger partial charge in [0.2, 0.25) is 0 Å². The fourth-order valence-electron chi connectivity index (χ4n) is 5.19. The fourth-order valence-corrected chi connectivity index (χ4v) is 5.19. The van der Waals surface area contributed by atoms with Crippen LogP contribution in [0.15, 0.2) is 12.3 Å². The highest BCUT2D eigenvalue weighted by Gasteiger charge is 2.49. The molecule has 2 bridgehead atoms. The molecule has 0 aromatic carbocycles. The van der Waals surface area contributed by atoms with Gasteiger partial charge in [-0.2, -0.15) is 0 Å². The standard InChI is InChI=1S/C19H26N4O2/c24-19(21-25)12-5-15-8-22(4-3-18(15)20-7-12)11-17-13-6-14(17)10-23(9-13)16-1-2-16/h5,7,13-14,16-17,25H,1-4,6,8-11H2,(H,21,24). The lowest BCUT2D eigenvalue weighted by atomic mass is 9.61. The summed E-state index contributed by atoms with van der Waals surface area (Å²) in [7, 11) is 0. The maximum atomic E-state index is 11.6. The summed E-state index contributed by atoms with van der Waals surface area (Å²) in [6.45, 7) is 5.76. The van der Waals surface area contributed by atoms with Crippen molar-refractivity contribution in [3.63, 3.8) is 0 Å². The van der Waals surface area contributed by atoms with Crippen LogP contribution < -0.4 is 5.48 Å². The van der Waals surface area contributed by atoms with E-state index in [1.165, 1.54) is 38.9 Å². The second kappa shape index (κ2) is 6.04. The first-order valence-electron chi connectivity index (χ1n) is 9.60. The zero-order valence-electron chi connectivity index (χ0n) is 14.5. The third-order valence-electron chi connectivity index (χ3n) is 6.77. The van der Waals surface area contributed by atoms with Crippen LogP contribution in [0.25, 0.3) is 0 Å². The number of aromatic nitrogens is 1. The van der Waals surface area contributed by atoms with Gasteiger partial charge in [0.15, 0.2) is 0 Å². The lowest BCUT2D eigenvalue weighted by molar-refractivity contribution is -0.0624. The molecule has 1 aromatic heterocycles. The van der Waals surface area contributed by atoms with E-state index in [2.05, 4.69) is 14.8 Å². The predicted molar refractivity (Wildman–Crippen MR) is 92.2 cm³/mol. The first kappa shape index (κ1) is 15.7. The van der Waals surface area contributed by atoms with Gasteiger partial charge in [-0.05, 0) is 48.6 Å². The number of fused-ring (bicyclic) bond motifs is 3. The Bertz CT molecular complexity index is 678. The molecule has 3 aliphatic heterocycles. The number of hydroxylamine groups is 1. The Labute approximate surface area is 148 Å². The van der Waals surface area contributed by atoms with Crippen LogP contribution in [0, 0.1) is 17.8 Å². The molecule has 2 saturated heterocycles. The van der Waals surface area contributed by atoms with Crippen LogP contribution in [0.2, 0.25) is 0 Å². The van der Waals surface area contributed by atoms with Gasteiger partial charge in [-0.1, -0.05) is 0 Å². The van der Waals surface area contributed by atoms with Gasteiger partial charge < -0.3 is 0 Å².